The Bertz CT molecular complexity index is 769. The molecule has 3 heterocycles. The first kappa shape index (κ1) is 18.6. The summed E-state index contributed by atoms with van der Waals surface area (Å²) in [4.78, 5) is 22.0. The smallest absolute Gasteiger partial charge is 0.225 e. The Balaban J connectivity index is 1.30. The third-order valence-electron chi connectivity index (χ3n) is 5.89. The molecule has 2 fully saturated rings. The Kier molecular flexibility index (Phi) is 5.57. The van der Waals surface area contributed by atoms with Crippen LogP contribution in [0.3, 0.4) is 0 Å². The first-order valence-corrected chi connectivity index (χ1v) is 10.7. The lowest BCUT2D eigenvalue weighted by atomic mass is 9.94. The zero-order valence-corrected chi connectivity index (χ0v) is 16.7. The summed E-state index contributed by atoms with van der Waals surface area (Å²) in [6, 6.07) is 10.4. The number of piperidine rings is 1. The summed E-state index contributed by atoms with van der Waals surface area (Å²) < 4.78 is 0. The number of carbonyl (C=O) groups is 1. The fraction of sp³-hybridized carbons (Fsp3) is 0.524. The lowest BCUT2D eigenvalue weighted by molar-refractivity contribution is -0.136. The first-order chi connectivity index (χ1) is 13.1. The molecule has 2 aromatic rings. The van der Waals surface area contributed by atoms with Crippen molar-refractivity contribution in [2.45, 2.75) is 38.3 Å². The highest BCUT2D eigenvalue weighted by atomic mass is 32.1. The Morgan fingerprint density at radius 2 is 1.96 bits per heavy atom. The third kappa shape index (κ3) is 4.23. The molecule has 2 saturated heterocycles. The fourth-order valence-corrected chi connectivity index (χ4v) is 4.97. The number of hydrogen-bond acceptors (Lipinski definition) is 5. The first-order valence-electron chi connectivity index (χ1n) is 9.83. The van der Waals surface area contributed by atoms with Gasteiger partial charge in [-0.25, -0.2) is 4.98 Å². The van der Waals surface area contributed by atoms with Gasteiger partial charge in [0, 0.05) is 42.9 Å². The molecule has 2 aliphatic heterocycles. The molecule has 144 valence electrons. The van der Waals surface area contributed by atoms with E-state index < -0.39 is 0 Å². The largest absolute Gasteiger partial charge is 0.340 e. The minimum atomic E-state index is 0.0318. The van der Waals surface area contributed by atoms with Crippen LogP contribution in [0.2, 0.25) is 0 Å². The van der Waals surface area contributed by atoms with Crippen molar-refractivity contribution in [3.05, 3.63) is 52.0 Å². The summed E-state index contributed by atoms with van der Waals surface area (Å²) in [6.07, 6.45) is 1.87. The van der Waals surface area contributed by atoms with Crippen molar-refractivity contribution in [1.82, 2.24) is 14.8 Å². The predicted octanol–water partition coefficient (Wildman–Crippen LogP) is 2.62. The van der Waals surface area contributed by atoms with Gasteiger partial charge in [-0.05, 0) is 38.4 Å². The van der Waals surface area contributed by atoms with Crippen LogP contribution < -0.4 is 5.73 Å². The maximum Gasteiger partial charge on any atom is 0.225 e. The molecule has 1 aromatic heterocycles. The maximum absolute atomic E-state index is 13.0. The summed E-state index contributed by atoms with van der Waals surface area (Å²) in [5.41, 5.74) is 8.77. The minimum Gasteiger partial charge on any atom is -0.340 e. The van der Waals surface area contributed by atoms with Crippen LogP contribution in [-0.2, 0) is 11.3 Å². The van der Waals surface area contributed by atoms with Gasteiger partial charge < -0.3 is 10.6 Å². The molecule has 0 bridgehead atoms. The number of hydrogen-bond donors (Lipinski definition) is 1. The topological polar surface area (TPSA) is 62.5 Å². The highest BCUT2D eigenvalue weighted by molar-refractivity contribution is 7.09. The summed E-state index contributed by atoms with van der Waals surface area (Å²) in [6.45, 7) is 6.31. The maximum atomic E-state index is 13.0. The number of carbonyl (C=O) groups excluding carboxylic acids is 1. The number of nitrogens with two attached hydrogens (primary N) is 1. The van der Waals surface area contributed by atoms with Gasteiger partial charge in [0.15, 0.2) is 0 Å². The van der Waals surface area contributed by atoms with Gasteiger partial charge in [-0.15, -0.1) is 11.3 Å². The summed E-state index contributed by atoms with van der Waals surface area (Å²) in [7, 11) is 0. The Morgan fingerprint density at radius 3 is 2.63 bits per heavy atom. The van der Waals surface area contributed by atoms with Crippen LogP contribution in [0.1, 0.15) is 35.0 Å². The number of benzene rings is 1. The summed E-state index contributed by atoms with van der Waals surface area (Å²) in [5, 5.41) is 3.26. The molecular weight excluding hydrogens is 356 g/mol. The quantitative estimate of drug-likeness (QED) is 0.880. The van der Waals surface area contributed by atoms with Gasteiger partial charge in [0.05, 0.1) is 10.7 Å². The highest BCUT2D eigenvalue weighted by Crippen LogP contribution is 2.29. The van der Waals surface area contributed by atoms with E-state index in [0.717, 1.165) is 49.7 Å². The van der Waals surface area contributed by atoms with E-state index >= 15 is 0 Å². The number of aromatic nitrogens is 1. The molecule has 0 saturated carbocycles. The molecule has 1 aromatic carbocycles. The normalized spacial score (nSPS) is 24.4. The van der Waals surface area contributed by atoms with E-state index in [0.29, 0.717) is 12.5 Å². The molecule has 0 radical (unpaired) electrons. The molecule has 6 heteroatoms. The number of rotatable bonds is 4. The van der Waals surface area contributed by atoms with Gasteiger partial charge in [0.25, 0.3) is 0 Å². The zero-order chi connectivity index (χ0) is 18.8. The average molecular weight is 385 g/mol. The summed E-state index contributed by atoms with van der Waals surface area (Å²) >= 11 is 1.70. The number of likely N-dealkylation sites (tertiary alicyclic amines) is 2. The van der Waals surface area contributed by atoms with Crippen LogP contribution in [0.25, 0.3) is 0 Å². The molecule has 4 rings (SSSR count). The van der Waals surface area contributed by atoms with E-state index in [-0.39, 0.29) is 17.9 Å². The van der Waals surface area contributed by atoms with Gasteiger partial charge in [-0.3, -0.25) is 9.69 Å². The van der Waals surface area contributed by atoms with Crippen molar-refractivity contribution in [2.24, 2.45) is 11.7 Å². The number of nitrogens with zero attached hydrogens (tertiary/aromatic N) is 3. The minimum absolute atomic E-state index is 0.0318. The summed E-state index contributed by atoms with van der Waals surface area (Å²) in [5.74, 6) is 0.691. The highest BCUT2D eigenvalue weighted by Gasteiger charge is 2.37. The Labute approximate surface area is 165 Å². The predicted molar refractivity (Wildman–Crippen MR) is 109 cm³/mol. The molecule has 0 unspecified atom stereocenters. The van der Waals surface area contributed by atoms with E-state index in [9.17, 15) is 4.79 Å². The van der Waals surface area contributed by atoms with Gasteiger partial charge in [0.1, 0.15) is 0 Å². The monoisotopic (exact) mass is 384 g/mol. The molecule has 2 N–H and O–H groups in total. The van der Waals surface area contributed by atoms with E-state index in [1.807, 2.05) is 30.0 Å². The molecule has 0 aliphatic carbocycles. The van der Waals surface area contributed by atoms with Crippen LogP contribution in [-0.4, -0.2) is 52.9 Å². The van der Waals surface area contributed by atoms with Gasteiger partial charge in [-0.2, -0.15) is 0 Å². The van der Waals surface area contributed by atoms with E-state index in [1.165, 1.54) is 5.56 Å². The van der Waals surface area contributed by atoms with Crippen molar-refractivity contribution in [2.75, 3.05) is 26.2 Å². The van der Waals surface area contributed by atoms with Crippen molar-refractivity contribution >= 4 is 17.2 Å². The Hall–Kier alpha value is -1.76. The third-order valence-corrected chi connectivity index (χ3v) is 6.72. The molecule has 2 atom stereocenters. The SMILES string of the molecule is Cc1nc(CN2CCC(C(=O)N3C[C@@H](N)[C@H](c4ccccc4)C3)CC2)cs1. The molecule has 5 nitrogen and oxygen atoms in total. The van der Waals surface area contributed by atoms with Crippen LogP contribution in [0.4, 0.5) is 0 Å². The second-order valence-electron chi connectivity index (χ2n) is 7.83. The van der Waals surface area contributed by atoms with Gasteiger partial charge in [-0.1, -0.05) is 30.3 Å². The molecule has 27 heavy (non-hydrogen) atoms. The fourth-order valence-electron chi connectivity index (χ4n) is 4.37. The number of amides is 1. The lowest BCUT2D eigenvalue weighted by Crippen LogP contribution is -2.42. The molecular formula is C21H28N4OS. The van der Waals surface area contributed by atoms with E-state index in [1.54, 1.807) is 11.3 Å². The van der Waals surface area contributed by atoms with Gasteiger partial charge >= 0.3 is 0 Å². The zero-order valence-electron chi connectivity index (χ0n) is 15.9. The standard InChI is InChI=1S/C21H28N4OS/c1-15-23-18(14-27-15)11-24-9-7-17(8-10-24)21(26)25-12-19(20(22)13-25)16-5-3-2-4-6-16/h2-6,14,17,19-20H,7-13,22H2,1H3/t19-,20+/m0/s1. The molecule has 2 aliphatic rings. The van der Waals surface area contributed by atoms with Crippen LogP contribution in [0.5, 0.6) is 0 Å². The van der Waals surface area contributed by atoms with Crippen LogP contribution in [0.15, 0.2) is 35.7 Å². The van der Waals surface area contributed by atoms with Crippen molar-refractivity contribution in [3.8, 4) is 0 Å². The second-order valence-corrected chi connectivity index (χ2v) is 8.89. The van der Waals surface area contributed by atoms with Crippen molar-refractivity contribution in [3.63, 3.8) is 0 Å². The van der Waals surface area contributed by atoms with E-state index in [4.69, 9.17) is 5.73 Å². The van der Waals surface area contributed by atoms with Crippen LogP contribution in [0, 0.1) is 12.8 Å². The Morgan fingerprint density at radius 1 is 1.22 bits per heavy atom. The second kappa shape index (κ2) is 8.09. The number of aryl methyl sites for hydroxylation is 1. The molecule has 1 amide bonds. The van der Waals surface area contributed by atoms with Crippen molar-refractivity contribution in [1.29, 1.82) is 0 Å². The van der Waals surface area contributed by atoms with Crippen LogP contribution >= 0.6 is 11.3 Å². The lowest BCUT2D eigenvalue weighted by Gasteiger charge is -2.32. The van der Waals surface area contributed by atoms with E-state index in [2.05, 4.69) is 27.4 Å². The van der Waals surface area contributed by atoms with Gasteiger partial charge in [0.2, 0.25) is 5.91 Å². The number of thiazole rings is 1. The average Bonchev–Trinajstić information content (AvgIpc) is 3.28. The van der Waals surface area contributed by atoms with Crippen molar-refractivity contribution < 1.29 is 4.79 Å². The molecule has 0 spiro atoms.